The molecule has 0 atom stereocenters. The Kier molecular flexibility index (Phi) is 4.67. The van der Waals surface area contributed by atoms with E-state index in [4.69, 9.17) is 4.74 Å². The first kappa shape index (κ1) is 19.0. The zero-order valence-electron chi connectivity index (χ0n) is 16.1. The van der Waals surface area contributed by atoms with Crippen LogP contribution in [-0.4, -0.2) is 28.0 Å². The van der Waals surface area contributed by atoms with Gasteiger partial charge in [-0.05, 0) is 61.6 Å². The van der Waals surface area contributed by atoms with Gasteiger partial charge in [0, 0.05) is 18.7 Å². The highest BCUT2D eigenvalue weighted by Crippen LogP contribution is 2.47. The van der Waals surface area contributed by atoms with E-state index >= 15 is 0 Å². The smallest absolute Gasteiger partial charge is 0.241 e. The van der Waals surface area contributed by atoms with Crippen molar-refractivity contribution in [2.75, 3.05) is 18.6 Å². The van der Waals surface area contributed by atoms with Crippen molar-refractivity contribution in [3.05, 3.63) is 53.6 Å². The summed E-state index contributed by atoms with van der Waals surface area (Å²) in [7, 11) is -2.14. The fourth-order valence-electron chi connectivity index (χ4n) is 3.76. The minimum atomic E-state index is -3.74. The third-order valence-corrected chi connectivity index (χ3v) is 7.25. The summed E-state index contributed by atoms with van der Waals surface area (Å²) >= 11 is 0. The number of sulfonamides is 1. The molecule has 148 valence electrons. The highest BCUT2D eigenvalue weighted by molar-refractivity contribution is 7.89. The summed E-state index contributed by atoms with van der Waals surface area (Å²) in [5, 5.41) is 0. The van der Waals surface area contributed by atoms with Crippen LogP contribution >= 0.6 is 0 Å². The number of rotatable bonds is 6. The normalized spacial score (nSPS) is 18.4. The molecule has 2 fully saturated rings. The van der Waals surface area contributed by atoms with E-state index < -0.39 is 15.6 Å². The van der Waals surface area contributed by atoms with Gasteiger partial charge >= 0.3 is 0 Å². The number of nitrogens with one attached hydrogen (secondary N) is 1. The number of hydrogen-bond donors (Lipinski definition) is 1. The minimum Gasteiger partial charge on any atom is -0.497 e. The van der Waals surface area contributed by atoms with Gasteiger partial charge in [0.15, 0.2) is 0 Å². The zero-order valence-corrected chi connectivity index (χ0v) is 16.9. The molecule has 2 aromatic carbocycles. The number of methoxy groups -OCH3 is 1. The Morgan fingerprint density at radius 2 is 1.82 bits per heavy atom. The summed E-state index contributed by atoms with van der Waals surface area (Å²) in [6.07, 6.45) is 2.81. The molecule has 1 aliphatic carbocycles. The third kappa shape index (κ3) is 3.40. The van der Waals surface area contributed by atoms with Gasteiger partial charge in [-0.3, -0.25) is 4.79 Å². The maximum atomic E-state index is 13.2. The summed E-state index contributed by atoms with van der Waals surface area (Å²) in [6.45, 7) is 2.40. The Morgan fingerprint density at radius 1 is 1.11 bits per heavy atom. The molecule has 6 nitrogen and oxygen atoms in total. The van der Waals surface area contributed by atoms with Crippen molar-refractivity contribution in [1.82, 2.24) is 4.72 Å². The number of aryl methyl sites for hydroxylation is 1. The number of carbonyl (C=O) groups is 1. The van der Waals surface area contributed by atoms with E-state index in [1.165, 1.54) is 0 Å². The molecule has 0 radical (unpaired) electrons. The van der Waals surface area contributed by atoms with Gasteiger partial charge in [0.1, 0.15) is 5.75 Å². The second-order valence-corrected chi connectivity index (χ2v) is 9.17. The molecule has 1 aliphatic heterocycles. The van der Waals surface area contributed by atoms with E-state index in [9.17, 15) is 13.2 Å². The highest BCUT2D eigenvalue weighted by atomic mass is 32.2. The molecule has 0 aromatic heterocycles. The van der Waals surface area contributed by atoms with E-state index in [0.717, 1.165) is 30.6 Å². The molecule has 7 heteroatoms. The Hall–Kier alpha value is -2.38. The monoisotopic (exact) mass is 400 g/mol. The maximum absolute atomic E-state index is 13.2. The molecule has 0 unspecified atom stereocenters. The largest absolute Gasteiger partial charge is 0.497 e. The molecule has 2 aliphatic rings. The second-order valence-electron chi connectivity index (χ2n) is 7.51. The van der Waals surface area contributed by atoms with E-state index in [1.54, 1.807) is 31.1 Å². The van der Waals surface area contributed by atoms with Crippen molar-refractivity contribution in [1.29, 1.82) is 0 Å². The van der Waals surface area contributed by atoms with Crippen LogP contribution in [0.1, 0.15) is 36.8 Å². The molecule has 0 spiro atoms. The lowest BCUT2D eigenvalue weighted by atomic mass is 10.1. The van der Waals surface area contributed by atoms with Crippen LogP contribution < -0.4 is 14.4 Å². The molecule has 1 heterocycles. The lowest BCUT2D eigenvalue weighted by Crippen LogP contribution is -2.35. The fourth-order valence-corrected chi connectivity index (χ4v) is 5.48. The number of amides is 1. The number of hydrogen-bond acceptors (Lipinski definition) is 4. The van der Waals surface area contributed by atoms with E-state index in [-0.39, 0.29) is 10.8 Å². The molecule has 1 N–H and O–H groups in total. The van der Waals surface area contributed by atoms with Gasteiger partial charge in [0.05, 0.1) is 17.5 Å². The SMILES string of the molecule is COc1ccc(C2(NS(=O)(=O)c3cc(N4CCCC4=O)ccc3C)CC2)cc1. The molecule has 1 amide bonds. The maximum Gasteiger partial charge on any atom is 0.241 e. The van der Waals surface area contributed by atoms with Crippen molar-refractivity contribution in [3.63, 3.8) is 0 Å². The summed E-state index contributed by atoms with van der Waals surface area (Å²) < 4.78 is 34.5. The van der Waals surface area contributed by atoms with E-state index in [2.05, 4.69) is 4.72 Å². The third-order valence-electron chi connectivity index (χ3n) is 5.57. The van der Waals surface area contributed by atoms with Gasteiger partial charge in [-0.15, -0.1) is 0 Å². The molecule has 0 bridgehead atoms. The van der Waals surface area contributed by atoms with E-state index in [1.807, 2.05) is 30.3 Å². The van der Waals surface area contributed by atoms with E-state index in [0.29, 0.717) is 24.2 Å². The molecular weight excluding hydrogens is 376 g/mol. The molecule has 1 saturated heterocycles. The van der Waals surface area contributed by atoms with Crippen molar-refractivity contribution < 1.29 is 17.9 Å². The van der Waals surface area contributed by atoms with Crippen LogP contribution in [0.3, 0.4) is 0 Å². The van der Waals surface area contributed by atoms with Crippen LogP contribution in [0.2, 0.25) is 0 Å². The second kappa shape index (κ2) is 6.90. The fraction of sp³-hybridized carbons (Fsp3) is 0.381. The first-order valence-corrected chi connectivity index (χ1v) is 10.9. The summed E-state index contributed by atoms with van der Waals surface area (Å²) in [6, 6.07) is 12.7. The Bertz CT molecular complexity index is 1010. The van der Waals surface area contributed by atoms with Crippen molar-refractivity contribution in [3.8, 4) is 5.75 Å². The standard InChI is InChI=1S/C21H24N2O4S/c1-15-5-8-17(23-13-3-4-20(23)24)14-19(15)28(25,26)22-21(11-12-21)16-6-9-18(27-2)10-7-16/h5-10,14,22H,3-4,11-13H2,1-2H3. The molecule has 1 saturated carbocycles. The lowest BCUT2D eigenvalue weighted by Gasteiger charge is -2.21. The van der Waals surface area contributed by atoms with Crippen LogP contribution in [-0.2, 0) is 20.4 Å². The Balaban J connectivity index is 1.64. The number of benzene rings is 2. The zero-order chi connectivity index (χ0) is 19.9. The molecule has 28 heavy (non-hydrogen) atoms. The van der Waals surface area contributed by atoms with Gasteiger partial charge < -0.3 is 9.64 Å². The van der Waals surface area contributed by atoms with Crippen LogP contribution in [0.25, 0.3) is 0 Å². The summed E-state index contributed by atoms with van der Waals surface area (Å²) in [5.41, 5.74) is 1.66. The first-order valence-electron chi connectivity index (χ1n) is 9.44. The van der Waals surface area contributed by atoms with Crippen LogP contribution in [0.4, 0.5) is 5.69 Å². The summed E-state index contributed by atoms with van der Waals surface area (Å²) in [5.74, 6) is 0.776. The number of anilines is 1. The van der Waals surface area contributed by atoms with Gasteiger partial charge in [0.2, 0.25) is 15.9 Å². The predicted molar refractivity (Wildman–Crippen MR) is 107 cm³/mol. The predicted octanol–water partition coefficient (Wildman–Crippen LogP) is 3.10. The van der Waals surface area contributed by atoms with Crippen LogP contribution in [0.15, 0.2) is 47.4 Å². The average Bonchev–Trinajstić information content (AvgIpc) is 3.33. The lowest BCUT2D eigenvalue weighted by molar-refractivity contribution is -0.117. The van der Waals surface area contributed by atoms with Gasteiger partial charge in [0.25, 0.3) is 0 Å². The van der Waals surface area contributed by atoms with Crippen LogP contribution in [0.5, 0.6) is 5.75 Å². The quantitative estimate of drug-likeness (QED) is 0.808. The number of carbonyl (C=O) groups excluding carboxylic acids is 1. The molecular formula is C21H24N2O4S. The molecule has 4 rings (SSSR count). The van der Waals surface area contributed by atoms with Gasteiger partial charge in [-0.1, -0.05) is 18.2 Å². The molecule has 2 aromatic rings. The first-order chi connectivity index (χ1) is 13.3. The number of nitrogens with zero attached hydrogens (tertiary/aromatic N) is 1. The van der Waals surface area contributed by atoms with Crippen molar-refractivity contribution in [2.24, 2.45) is 0 Å². The van der Waals surface area contributed by atoms with Gasteiger partial charge in [-0.25, -0.2) is 13.1 Å². The highest BCUT2D eigenvalue weighted by Gasteiger charge is 2.47. The topological polar surface area (TPSA) is 75.7 Å². The van der Waals surface area contributed by atoms with Crippen molar-refractivity contribution >= 4 is 21.6 Å². The average molecular weight is 401 g/mol. The minimum absolute atomic E-state index is 0.0389. The number of ether oxygens (including phenoxy) is 1. The van der Waals surface area contributed by atoms with Crippen LogP contribution in [0, 0.1) is 6.92 Å². The van der Waals surface area contributed by atoms with Gasteiger partial charge in [-0.2, -0.15) is 0 Å². The van der Waals surface area contributed by atoms with Crippen molar-refractivity contribution in [2.45, 2.75) is 43.0 Å². The Morgan fingerprint density at radius 3 is 2.39 bits per heavy atom. The summed E-state index contributed by atoms with van der Waals surface area (Å²) in [4.78, 5) is 13.9. The Labute approximate surface area is 165 Å².